The van der Waals surface area contributed by atoms with E-state index in [4.69, 9.17) is 5.11 Å². The number of nitrogens with zero attached hydrogens (tertiary/aromatic N) is 3. The highest BCUT2D eigenvalue weighted by molar-refractivity contribution is 5.46. The minimum atomic E-state index is 0.0146. The van der Waals surface area contributed by atoms with Crippen LogP contribution in [0.3, 0.4) is 0 Å². The highest BCUT2D eigenvalue weighted by Crippen LogP contribution is 2.18. The monoisotopic (exact) mass is 249 g/mol. The van der Waals surface area contributed by atoms with Gasteiger partial charge in [0.2, 0.25) is 0 Å². The molecule has 0 bridgehead atoms. The lowest BCUT2D eigenvalue weighted by molar-refractivity contribution is 0.193. The van der Waals surface area contributed by atoms with Crippen molar-refractivity contribution in [1.29, 1.82) is 0 Å². The lowest BCUT2D eigenvalue weighted by Gasteiger charge is -2.39. The van der Waals surface area contributed by atoms with Gasteiger partial charge in [0.25, 0.3) is 0 Å². The molecule has 0 aliphatic carbocycles. The van der Waals surface area contributed by atoms with Crippen molar-refractivity contribution >= 4 is 5.69 Å². The molecule has 2 heterocycles. The number of pyridine rings is 1. The van der Waals surface area contributed by atoms with Crippen LogP contribution in [0.25, 0.3) is 0 Å². The smallest absolute Gasteiger partial charge is 0.0853 e. The van der Waals surface area contributed by atoms with Crippen molar-refractivity contribution in [2.45, 2.75) is 32.9 Å². The second-order valence-electron chi connectivity index (χ2n) is 4.94. The van der Waals surface area contributed by atoms with Crippen LogP contribution in [0.1, 0.15) is 26.0 Å². The topological polar surface area (TPSA) is 39.6 Å². The zero-order chi connectivity index (χ0) is 13.0. The SMILES string of the molecule is CCC(C)N1CCN(c2ccnc(CO)c2)CC1. The number of hydrogen-bond acceptors (Lipinski definition) is 4. The van der Waals surface area contributed by atoms with Gasteiger partial charge in [-0.25, -0.2) is 0 Å². The standard InChI is InChI=1S/C14H23N3O/c1-3-12(2)16-6-8-17(9-7-16)14-4-5-15-13(10-14)11-18/h4-5,10,12,18H,3,6-9,11H2,1-2H3. The summed E-state index contributed by atoms with van der Waals surface area (Å²) in [5.74, 6) is 0. The van der Waals surface area contributed by atoms with Gasteiger partial charge in [0.05, 0.1) is 12.3 Å². The van der Waals surface area contributed by atoms with Crippen LogP contribution in [-0.2, 0) is 6.61 Å². The number of rotatable bonds is 4. The van der Waals surface area contributed by atoms with Crippen LogP contribution in [-0.4, -0.2) is 47.2 Å². The third-order valence-electron chi connectivity index (χ3n) is 3.86. The Kier molecular flexibility index (Phi) is 4.55. The maximum Gasteiger partial charge on any atom is 0.0853 e. The molecular formula is C14H23N3O. The molecule has 1 saturated heterocycles. The van der Waals surface area contributed by atoms with E-state index in [1.807, 2.05) is 12.1 Å². The van der Waals surface area contributed by atoms with E-state index in [1.165, 1.54) is 12.1 Å². The number of piperazine rings is 1. The summed E-state index contributed by atoms with van der Waals surface area (Å²) in [5.41, 5.74) is 1.93. The molecule has 0 amide bonds. The van der Waals surface area contributed by atoms with Crippen molar-refractivity contribution in [2.24, 2.45) is 0 Å². The van der Waals surface area contributed by atoms with Gasteiger partial charge in [0.1, 0.15) is 0 Å². The fourth-order valence-electron chi connectivity index (χ4n) is 2.43. The molecular weight excluding hydrogens is 226 g/mol. The molecule has 1 fully saturated rings. The van der Waals surface area contributed by atoms with Gasteiger partial charge in [-0.15, -0.1) is 0 Å². The van der Waals surface area contributed by atoms with Gasteiger partial charge in [-0.3, -0.25) is 9.88 Å². The first-order valence-electron chi connectivity index (χ1n) is 6.79. The Morgan fingerprint density at radius 1 is 1.33 bits per heavy atom. The van der Waals surface area contributed by atoms with Crippen LogP contribution in [0.15, 0.2) is 18.3 Å². The Morgan fingerprint density at radius 2 is 2.06 bits per heavy atom. The molecule has 0 spiro atoms. The summed E-state index contributed by atoms with van der Waals surface area (Å²) in [4.78, 5) is 9.04. The first-order valence-corrected chi connectivity index (χ1v) is 6.79. The van der Waals surface area contributed by atoms with Crippen LogP contribution in [0.2, 0.25) is 0 Å². The molecule has 4 heteroatoms. The minimum Gasteiger partial charge on any atom is -0.390 e. The van der Waals surface area contributed by atoms with Gasteiger partial charge in [-0.2, -0.15) is 0 Å². The fourth-order valence-corrected chi connectivity index (χ4v) is 2.43. The first kappa shape index (κ1) is 13.3. The number of aliphatic hydroxyl groups is 1. The average molecular weight is 249 g/mol. The fraction of sp³-hybridized carbons (Fsp3) is 0.643. The molecule has 2 rings (SSSR count). The van der Waals surface area contributed by atoms with E-state index in [9.17, 15) is 0 Å². The van der Waals surface area contributed by atoms with E-state index in [0.29, 0.717) is 6.04 Å². The maximum absolute atomic E-state index is 9.12. The van der Waals surface area contributed by atoms with Crippen molar-refractivity contribution in [1.82, 2.24) is 9.88 Å². The predicted molar refractivity (Wildman–Crippen MR) is 73.7 cm³/mol. The summed E-state index contributed by atoms with van der Waals surface area (Å²) in [5, 5.41) is 9.12. The van der Waals surface area contributed by atoms with Crippen LogP contribution < -0.4 is 4.90 Å². The lowest BCUT2D eigenvalue weighted by Crippen LogP contribution is -2.49. The molecule has 100 valence electrons. The number of aromatic nitrogens is 1. The van der Waals surface area contributed by atoms with E-state index < -0.39 is 0 Å². The van der Waals surface area contributed by atoms with E-state index in [2.05, 4.69) is 28.6 Å². The maximum atomic E-state index is 9.12. The van der Waals surface area contributed by atoms with Crippen molar-refractivity contribution in [3.8, 4) is 0 Å². The molecule has 1 aliphatic rings. The van der Waals surface area contributed by atoms with Crippen molar-refractivity contribution < 1.29 is 5.11 Å². The molecule has 1 aromatic heterocycles. The van der Waals surface area contributed by atoms with Crippen LogP contribution in [0, 0.1) is 0 Å². The Balaban J connectivity index is 1.96. The summed E-state index contributed by atoms with van der Waals surface area (Å²) >= 11 is 0. The zero-order valence-corrected chi connectivity index (χ0v) is 11.3. The Morgan fingerprint density at radius 3 is 2.67 bits per heavy atom. The van der Waals surface area contributed by atoms with E-state index in [-0.39, 0.29) is 6.61 Å². The minimum absolute atomic E-state index is 0.0146. The molecule has 0 aromatic carbocycles. The highest BCUT2D eigenvalue weighted by Gasteiger charge is 2.20. The number of hydrogen-bond donors (Lipinski definition) is 1. The largest absolute Gasteiger partial charge is 0.390 e. The summed E-state index contributed by atoms with van der Waals surface area (Å²) in [6.07, 6.45) is 2.99. The third kappa shape index (κ3) is 3.00. The van der Waals surface area contributed by atoms with Gasteiger partial charge in [-0.05, 0) is 25.5 Å². The summed E-state index contributed by atoms with van der Waals surface area (Å²) in [6, 6.07) is 4.69. The average Bonchev–Trinajstić information content (AvgIpc) is 2.46. The summed E-state index contributed by atoms with van der Waals surface area (Å²) in [7, 11) is 0. The van der Waals surface area contributed by atoms with Gasteiger partial charge < -0.3 is 10.0 Å². The molecule has 1 aliphatic heterocycles. The lowest BCUT2D eigenvalue weighted by atomic mass is 10.2. The molecule has 4 nitrogen and oxygen atoms in total. The zero-order valence-electron chi connectivity index (χ0n) is 11.3. The van der Waals surface area contributed by atoms with Crippen LogP contribution in [0.5, 0.6) is 0 Å². The normalized spacial score (nSPS) is 18.9. The van der Waals surface area contributed by atoms with E-state index in [0.717, 1.165) is 31.9 Å². The molecule has 18 heavy (non-hydrogen) atoms. The van der Waals surface area contributed by atoms with Gasteiger partial charge in [0, 0.05) is 44.1 Å². The van der Waals surface area contributed by atoms with E-state index >= 15 is 0 Å². The Bertz CT molecular complexity index is 375. The van der Waals surface area contributed by atoms with Crippen molar-refractivity contribution in [2.75, 3.05) is 31.1 Å². The molecule has 1 atom stereocenters. The first-order chi connectivity index (χ1) is 8.74. The molecule has 1 unspecified atom stereocenters. The third-order valence-corrected chi connectivity index (χ3v) is 3.86. The molecule has 1 aromatic rings. The second kappa shape index (κ2) is 6.16. The Hall–Kier alpha value is -1.13. The Labute approximate surface area is 109 Å². The van der Waals surface area contributed by atoms with Gasteiger partial charge in [-0.1, -0.05) is 6.92 Å². The van der Waals surface area contributed by atoms with Gasteiger partial charge in [0.15, 0.2) is 0 Å². The van der Waals surface area contributed by atoms with E-state index in [1.54, 1.807) is 6.20 Å². The summed E-state index contributed by atoms with van der Waals surface area (Å²) in [6.45, 7) is 8.90. The molecule has 0 radical (unpaired) electrons. The highest BCUT2D eigenvalue weighted by atomic mass is 16.3. The van der Waals surface area contributed by atoms with Crippen molar-refractivity contribution in [3.63, 3.8) is 0 Å². The molecule has 1 N–H and O–H groups in total. The molecule has 0 saturated carbocycles. The quantitative estimate of drug-likeness (QED) is 0.877. The second-order valence-corrected chi connectivity index (χ2v) is 4.94. The predicted octanol–water partition coefficient (Wildman–Crippen LogP) is 1.49. The van der Waals surface area contributed by atoms with Crippen LogP contribution in [0.4, 0.5) is 5.69 Å². The van der Waals surface area contributed by atoms with Crippen molar-refractivity contribution in [3.05, 3.63) is 24.0 Å². The summed E-state index contributed by atoms with van der Waals surface area (Å²) < 4.78 is 0. The number of aliphatic hydroxyl groups excluding tert-OH is 1. The number of anilines is 1. The van der Waals surface area contributed by atoms with Gasteiger partial charge >= 0.3 is 0 Å². The van der Waals surface area contributed by atoms with Crippen LogP contribution >= 0.6 is 0 Å².